The average molecular weight is 1450 g/mol. The van der Waals surface area contributed by atoms with Gasteiger partial charge in [-0.05, 0) is 213 Å². The number of rotatable bonds is 15. The molecule has 0 spiro atoms. The third kappa shape index (κ3) is 11.2. The monoisotopic (exact) mass is 1450 g/mol. The Balaban J connectivity index is 0.820. The molecule has 3 heterocycles. The molecule has 6 heteroatoms. The van der Waals surface area contributed by atoms with E-state index in [0.29, 0.717) is 0 Å². The zero-order valence-electron chi connectivity index (χ0n) is 62.3. The molecule has 6 nitrogen and oxygen atoms in total. The number of hydrogen-bond donors (Lipinski definition) is 0. The maximum atomic E-state index is 2.48. The molecule has 0 unspecified atom stereocenters. The highest BCUT2D eigenvalue weighted by Gasteiger charge is 2.27. The van der Waals surface area contributed by atoms with E-state index in [4.69, 9.17) is 0 Å². The smallest absolute Gasteiger partial charge is 0.0542 e. The van der Waals surface area contributed by atoms with Crippen LogP contribution >= 0.6 is 0 Å². The van der Waals surface area contributed by atoms with Gasteiger partial charge in [-0.15, -0.1) is 0 Å². The summed E-state index contributed by atoms with van der Waals surface area (Å²) in [6, 6.07) is 161. The quantitative estimate of drug-likeness (QED) is 0.102. The van der Waals surface area contributed by atoms with Crippen LogP contribution in [0.15, 0.2) is 437 Å². The van der Waals surface area contributed by atoms with Crippen molar-refractivity contribution in [3.05, 3.63) is 437 Å². The molecule has 0 atom stereocenters. The van der Waals surface area contributed by atoms with Crippen molar-refractivity contribution in [3.63, 3.8) is 0 Å². The van der Waals surface area contributed by atoms with E-state index in [1.165, 1.54) is 49.0 Å². The molecule has 0 radical (unpaired) electrons. The van der Waals surface area contributed by atoms with E-state index >= 15 is 0 Å². The second-order valence-corrected chi connectivity index (χ2v) is 29.6. The Bertz CT molecular complexity index is 6740. The lowest BCUT2D eigenvalue weighted by Crippen LogP contribution is -2.16. The van der Waals surface area contributed by atoms with E-state index in [-0.39, 0.29) is 0 Å². The van der Waals surface area contributed by atoms with Gasteiger partial charge >= 0.3 is 0 Å². The van der Waals surface area contributed by atoms with Crippen LogP contribution in [0.2, 0.25) is 0 Å². The van der Waals surface area contributed by atoms with Crippen molar-refractivity contribution in [2.24, 2.45) is 0 Å². The first-order valence-electron chi connectivity index (χ1n) is 39.1. The minimum Gasteiger partial charge on any atom is -0.310 e. The summed E-state index contributed by atoms with van der Waals surface area (Å²) in [5.41, 5.74) is 26.0. The van der Waals surface area contributed by atoms with Crippen LogP contribution in [0.3, 0.4) is 0 Å². The summed E-state index contributed by atoms with van der Waals surface area (Å²) in [5, 5.41) is 14.0. The number of para-hydroxylation sites is 3. The summed E-state index contributed by atoms with van der Waals surface area (Å²) >= 11 is 0. The van der Waals surface area contributed by atoms with Gasteiger partial charge in [0.2, 0.25) is 0 Å². The Labute approximate surface area is 660 Å². The maximum absolute atomic E-state index is 2.48. The van der Waals surface area contributed by atoms with Gasteiger partial charge in [0.25, 0.3) is 0 Å². The van der Waals surface area contributed by atoms with Gasteiger partial charge in [0.15, 0.2) is 0 Å². The number of anilines is 9. The lowest BCUT2D eigenvalue weighted by atomic mass is 10.0. The van der Waals surface area contributed by atoms with E-state index in [1.807, 2.05) is 0 Å². The molecule has 0 bridgehead atoms. The fourth-order valence-electron chi connectivity index (χ4n) is 17.9. The summed E-state index contributed by atoms with van der Waals surface area (Å²) in [6.07, 6.45) is 0. The lowest BCUT2D eigenvalue weighted by Gasteiger charge is -2.33. The molecular weight excluding hydrogens is 1380 g/mol. The summed E-state index contributed by atoms with van der Waals surface area (Å²) < 4.78 is 7.43. The first-order valence-corrected chi connectivity index (χ1v) is 39.1. The van der Waals surface area contributed by atoms with E-state index < -0.39 is 0 Å². The van der Waals surface area contributed by atoms with Gasteiger partial charge in [-0.3, -0.25) is 0 Å². The average Bonchev–Trinajstić information content (AvgIpc) is 1.58. The standard InChI is InChI=1S/C108H72N6/c1-7-28-73(29-8-1)79-52-58-103-94(64-79)97-70-85(55-61-106(97)112(103)100-49-25-37-76-34-19-22-46-91(76)100)109(82-40-13-4-14-41-82)88-67-89(110(83-42-15-5-16-43-83)86-56-62-107-98(71-86)95-65-80(74-30-9-2-10-31-74)53-59-104(95)113(107)101-50-26-38-77-35-20-23-47-92(77)101)69-90(68-88)111(84-44-17-6-18-45-84)87-57-63-108-99(72-87)96-66-81(75-32-11-3-12-33-75)54-60-105(96)114(108)102-51-27-39-78-36-21-24-48-93(78)102/h1-72H. The molecule has 114 heavy (non-hydrogen) atoms. The van der Waals surface area contributed by atoms with E-state index in [0.717, 1.165) is 150 Å². The Morgan fingerprint density at radius 1 is 0.132 bits per heavy atom. The van der Waals surface area contributed by atoms with Crippen LogP contribution in [0.4, 0.5) is 51.2 Å². The Hall–Kier alpha value is -15.2. The fraction of sp³-hybridized carbons (Fsp3) is 0. The van der Waals surface area contributed by atoms with Crippen molar-refractivity contribution in [2.45, 2.75) is 0 Å². The van der Waals surface area contributed by atoms with Gasteiger partial charge in [0, 0.05) is 82.6 Å². The van der Waals surface area contributed by atoms with Crippen molar-refractivity contribution >= 4 is 149 Å². The van der Waals surface area contributed by atoms with Crippen molar-refractivity contribution in [1.82, 2.24) is 13.7 Å². The molecule has 0 N–H and O–H groups in total. The van der Waals surface area contributed by atoms with E-state index in [9.17, 15) is 0 Å². The van der Waals surface area contributed by atoms with Crippen LogP contribution < -0.4 is 14.7 Å². The predicted octanol–water partition coefficient (Wildman–Crippen LogP) is 29.8. The number of fused-ring (bicyclic) bond motifs is 12. The number of nitrogens with zero attached hydrogens (tertiary/aromatic N) is 6. The van der Waals surface area contributed by atoms with Crippen LogP contribution in [0, 0.1) is 0 Å². The zero-order chi connectivity index (χ0) is 75.2. The molecule has 0 aliphatic rings. The second-order valence-electron chi connectivity index (χ2n) is 29.6. The number of aromatic nitrogens is 3. The first kappa shape index (κ1) is 65.8. The highest BCUT2D eigenvalue weighted by Crippen LogP contribution is 2.51. The molecule has 0 saturated heterocycles. The number of hydrogen-bond acceptors (Lipinski definition) is 3. The topological polar surface area (TPSA) is 24.5 Å². The fourth-order valence-corrected chi connectivity index (χ4v) is 17.9. The van der Waals surface area contributed by atoms with Crippen molar-refractivity contribution < 1.29 is 0 Å². The van der Waals surface area contributed by atoms with Gasteiger partial charge in [0.05, 0.1) is 67.2 Å². The minimum atomic E-state index is 0.958. The van der Waals surface area contributed by atoms with Gasteiger partial charge in [-0.25, -0.2) is 0 Å². The molecule has 3 aromatic heterocycles. The summed E-state index contributed by atoms with van der Waals surface area (Å²) in [4.78, 5) is 7.41. The summed E-state index contributed by atoms with van der Waals surface area (Å²) in [6.45, 7) is 0. The molecule has 19 aromatic carbocycles. The maximum Gasteiger partial charge on any atom is 0.0542 e. The second kappa shape index (κ2) is 27.4. The molecular formula is C108H72N6. The van der Waals surface area contributed by atoms with E-state index in [1.54, 1.807) is 0 Å². The number of benzene rings is 19. The van der Waals surface area contributed by atoms with Crippen LogP contribution in [0.1, 0.15) is 0 Å². The van der Waals surface area contributed by atoms with Crippen LogP contribution in [0.25, 0.3) is 148 Å². The Morgan fingerprint density at radius 3 is 0.640 bits per heavy atom. The third-order valence-electron chi connectivity index (χ3n) is 23.1. The SMILES string of the molecule is c1ccc(-c2ccc3c(c2)c2cc(N(c4ccccc4)c4cc(N(c5ccccc5)c5ccc6c(c5)c5cc(-c7ccccc7)ccc5n6-c5cccc6ccccc56)cc(N(c5ccccc5)c5ccc6c(c5)c5cc(-c7ccccc7)ccc5n6-c5cccc6ccccc56)c4)ccc2n3-c2cccc3ccccc23)cc1. The predicted molar refractivity (Wildman–Crippen MR) is 482 cm³/mol. The van der Waals surface area contributed by atoms with Gasteiger partial charge in [-0.1, -0.05) is 273 Å². The molecule has 0 amide bonds. The van der Waals surface area contributed by atoms with Crippen LogP contribution in [-0.2, 0) is 0 Å². The van der Waals surface area contributed by atoms with Crippen LogP contribution in [-0.4, -0.2) is 13.7 Å². The van der Waals surface area contributed by atoms with Gasteiger partial charge in [-0.2, -0.15) is 0 Å². The molecule has 0 aliphatic heterocycles. The largest absolute Gasteiger partial charge is 0.310 e. The first-order chi connectivity index (χ1) is 56.5. The highest BCUT2D eigenvalue weighted by atomic mass is 15.2. The molecule has 0 saturated carbocycles. The van der Waals surface area contributed by atoms with Gasteiger partial charge < -0.3 is 28.4 Å². The summed E-state index contributed by atoms with van der Waals surface area (Å²) in [5.74, 6) is 0. The lowest BCUT2D eigenvalue weighted by molar-refractivity contribution is 1.19. The normalized spacial score (nSPS) is 11.7. The molecule has 0 aliphatic carbocycles. The van der Waals surface area contributed by atoms with E-state index in [2.05, 4.69) is 465 Å². The highest BCUT2D eigenvalue weighted by molar-refractivity contribution is 6.17. The van der Waals surface area contributed by atoms with Crippen molar-refractivity contribution in [1.29, 1.82) is 0 Å². The molecule has 534 valence electrons. The van der Waals surface area contributed by atoms with Crippen molar-refractivity contribution in [2.75, 3.05) is 14.7 Å². The van der Waals surface area contributed by atoms with Gasteiger partial charge in [0.1, 0.15) is 0 Å². The molecule has 22 aromatic rings. The minimum absolute atomic E-state index is 0.958. The summed E-state index contributed by atoms with van der Waals surface area (Å²) in [7, 11) is 0. The third-order valence-corrected chi connectivity index (χ3v) is 23.1. The van der Waals surface area contributed by atoms with Crippen molar-refractivity contribution in [3.8, 4) is 50.4 Å². The Kier molecular flexibility index (Phi) is 15.8. The van der Waals surface area contributed by atoms with Crippen LogP contribution in [0.5, 0.6) is 0 Å². The Morgan fingerprint density at radius 2 is 0.360 bits per heavy atom. The zero-order valence-corrected chi connectivity index (χ0v) is 62.3. The molecule has 0 fully saturated rings. The molecule has 22 rings (SSSR count).